The summed E-state index contributed by atoms with van der Waals surface area (Å²) >= 11 is 0. The molecular weight excluding hydrogens is 542 g/mol. The molecule has 5 nitrogen and oxygen atoms in total. The van der Waals surface area contributed by atoms with Crippen molar-refractivity contribution in [1.29, 1.82) is 0 Å². The van der Waals surface area contributed by atoms with Crippen LogP contribution < -0.4 is 0 Å². The van der Waals surface area contributed by atoms with Gasteiger partial charge in [0.2, 0.25) is 0 Å². The van der Waals surface area contributed by atoms with Crippen molar-refractivity contribution in [2.75, 3.05) is 0 Å². The lowest BCUT2D eigenvalue weighted by atomic mass is 9.97. The molecule has 206 valence electrons. The van der Waals surface area contributed by atoms with Gasteiger partial charge in [-0.1, -0.05) is 121 Å². The molecule has 0 unspecified atom stereocenters. The van der Waals surface area contributed by atoms with E-state index in [9.17, 15) is 0 Å². The third kappa shape index (κ3) is 3.83. The molecule has 9 aromatic rings. The Labute approximate surface area is 252 Å². The number of benzene rings is 6. The van der Waals surface area contributed by atoms with Crippen molar-refractivity contribution in [3.05, 3.63) is 140 Å². The number of para-hydroxylation sites is 3. The summed E-state index contributed by atoms with van der Waals surface area (Å²) in [5, 5.41) is 4.20. The molecule has 0 aliphatic rings. The molecule has 0 saturated heterocycles. The molecule has 0 amide bonds. The minimum absolute atomic E-state index is 0.562. The van der Waals surface area contributed by atoms with E-state index in [1.54, 1.807) is 0 Å². The fraction of sp³-hybridized carbons (Fsp3) is 0. The van der Waals surface area contributed by atoms with Gasteiger partial charge in [0.15, 0.2) is 17.5 Å². The standard InChI is InChI=1S/C39H23N3O2/c1-3-12-24(13-4-1)37-40-38(25-14-5-2-6-15-25)42-39(41-37)31-21-10-20-29-28-19-9-18-27(35(28)44-36(29)31)26-17-11-23-33-34(26)30-16-7-8-22-32(30)43-33/h1-23H. The monoisotopic (exact) mass is 565 g/mol. The Morgan fingerprint density at radius 3 is 1.55 bits per heavy atom. The second-order valence-electron chi connectivity index (χ2n) is 10.8. The van der Waals surface area contributed by atoms with E-state index in [1.165, 1.54) is 0 Å². The van der Waals surface area contributed by atoms with Gasteiger partial charge in [-0.05, 0) is 23.8 Å². The summed E-state index contributed by atoms with van der Waals surface area (Å²) < 4.78 is 13.0. The summed E-state index contributed by atoms with van der Waals surface area (Å²) in [7, 11) is 0. The molecule has 0 radical (unpaired) electrons. The Bertz CT molecular complexity index is 2440. The van der Waals surface area contributed by atoms with E-state index in [-0.39, 0.29) is 0 Å². The van der Waals surface area contributed by atoms with Gasteiger partial charge in [-0.15, -0.1) is 0 Å². The first kappa shape index (κ1) is 24.5. The van der Waals surface area contributed by atoms with E-state index < -0.39 is 0 Å². The van der Waals surface area contributed by atoms with Crippen molar-refractivity contribution in [1.82, 2.24) is 15.0 Å². The lowest BCUT2D eigenvalue weighted by Crippen LogP contribution is -2.00. The van der Waals surface area contributed by atoms with Gasteiger partial charge in [-0.25, -0.2) is 15.0 Å². The van der Waals surface area contributed by atoms with E-state index in [2.05, 4.69) is 36.4 Å². The van der Waals surface area contributed by atoms with Gasteiger partial charge in [0, 0.05) is 38.2 Å². The van der Waals surface area contributed by atoms with Crippen LogP contribution in [0.5, 0.6) is 0 Å². The van der Waals surface area contributed by atoms with Crippen LogP contribution in [0.3, 0.4) is 0 Å². The Morgan fingerprint density at radius 1 is 0.341 bits per heavy atom. The third-order valence-electron chi connectivity index (χ3n) is 8.16. The van der Waals surface area contributed by atoms with E-state index in [1.807, 2.05) is 103 Å². The Morgan fingerprint density at radius 2 is 0.841 bits per heavy atom. The molecule has 0 spiro atoms. The molecule has 6 aromatic carbocycles. The summed E-state index contributed by atoms with van der Waals surface area (Å²) in [5.74, 6) is 1.79. The second kappa shape index (κ2) is 9.75. The highest BCUT2D eigenvalue weighted by Crippen LogP contribution is 2.43. The minimum atomic E-state index is 0.562. The van der Waals surface area contributed by atoms with E-state index in [0.717, 1.165) is 71.7 Å². The van der Waals surface area contributed by atoms with Crippen molar-refractivity contribution in [3.63, 3.8) is 0 Å². The highest BCUT2D eigenvalue weighted by Gasteiger charge is 2.21. The highest BCUT2D eigenvalue weighted by molar-refractivity contribution is 6.18. The number of rotatable bonds is 4. The van der Waals surface area contributed by atoms with Gasteiger partial charge in [0.25, 0.3) is 0 Å². The molecule has 5 heteroatoms. The van der Waals surface area contributed by atoms with Gasteiger partial charge >= 0.3 is 0 Å². The van der Waals surface area contributed by atoms with Crippen molar-refractivity contribution in [3.8, 4) is 45.3 Å². The van der Waals surface area contributed by atoms with Crippen LogP contribution in [0.15, 0.2) is 148 Å². The zero-order chi connectivity index (χ0) is 29.0. The number of hydrogen-bond donors (Lipinski definition) is 0. The first-order chi connectivity index (χ1) is 21.8. The second-order valence-corrected chi connectivity index (χ2v) is 10.8. The van der Waals surface area contributed by atoms with Crippen LogP contribution in [0.1, 0.15) is 0 Å². The fourth-order valence-corrected chi connectivity index (χ4v) is 6.14. The van der Waals surface area contributed by atoms with E-state index in [0.29, 0.717) is 17.5 Å². The van der Waals surface area contributed by atoms with Gasteiger partial charge in [0.05, 0.1) is 5.56 Å². The molecular formula is C39H23N3O2. The van der Waals surface area contributed by atoms with Crippen LogP contribution in [0.25, 0.3) is 89.2 Å². The number of aromatic nitrogens is 3. The number of hydrogen-bond acceptors (Lipinski definition) is 5. The average Bonchev–Trinajstić information content (AvgIpc) is 3.68. The zero-order valence-corrected chi connectivity index (χ0v) is 23.4. The number of furan rings is 2. The third-order valence-corrected chi connectivity index (χ3v) is 8.16. The summed E-state index contributed by atoms with van der Waals surface area (Å²) in [6.45, 7) is 0. The maximum absolute atomic E-state index is 6.82. The predicted octanol–water partition coefficient (Wildman–Crippen LogP) is 10.3. The first-order valence-electron chi connectivity index (χ1n) is 14.5. The number of nitrogens with zero attached hydrogens (tertiary/aromatic N) is 3. The molecule has 0 bridgehead atoms. The number of fused-ring (bicyclic) bond motifs is 6. The maximum Gasteiger partial charge on any atom is 0.167 e. The maximum atomic E-state index is 6.82. The summed E-state index contributed by atoms with van der Waals surface area (Å²) in [4.78, 5) is 14.8. The Balaban J connectivity index is 1.30. The lowest BCUT2D eigenvalue weighted by molar-refractivity contribution is 0.669. The zero-order valence-electron chi connectivity index (χ0n) is 23.4. The SMILES string of the molecule is c1ccc(-c2nc(-c3ccccc3)nc(-c3cccc4c3oc3c(-c5cccc6oc7ccccc7c56)cccc34)n2)cc1. The smallest absolute Gasteiger partial charge is 0.167 e. The topological polar surface area (TPSA) is 65.0 Å². The molecule has 0 aliphatic heterocycles. The van der Waals surface area contributed by atoms with Crippen LogP contribution >= 0.6 is 0 Å². The van der Waals surface area contributed by atoms with Crippen molar-refractivity contribution >= 4 is 43.9 Å². The molecule has 0 aliphatic carbocycles. The van der Waals surface area contributed by atoms with E-state index in [4.69, 9.17) is 23.8 Å². The van der Waals surface area contributed by atoms with Crippen LogP contribution in [-0.4, -0.2) is 15.0 Å². The molecule has 0 fully saturated rings. The van der Waals surface area contributed by atoms with Crippen molar-refractivity contribution in [2.24, 2.45) is 0 Å². The van der Waals surface area contributed by atoms with Crippen LogP contribution in [0.4, 0.5) is 0 Å². The Hall–Kier alpha value is -6.07. The lowest BCUT2D eigenvalue weighted by Gasteiger charge is -2.08. The van der Waals surface area contributed by atoms with Crippen LogP contribution in [0.2, 0.25) is 0 Å². The summed E-state index contributed by atoms with van der Waals surface area (Å²) in [5.41, 5.74) is 8.01. The largest absolute Gasteiger partial charge is 0.456 e. The fourth-order valence-electron chi connectivity index (χ4n) is 6.14. The molecule has 44 heavy (non-hydrogen) atoms. The van der Waals surface area contributed by atoms with E-state index >= 15 is 0 Å². The molecule has 0 saturated carbocycles. The molecule has 0 N–H and O–H groups in total. The quantitative estimate of drug-likeness (QED) is 0.212. The van der Waals surface area contributed by atoms with Gasteiger partial charge in [-0.3, -0.25) is 0 Å². The Kier molecular flexibility index (Phi) is 5.43. The van der Waals surface area contributed by atoms with Crippen molar-refractivity contribution in [2.45, 2.75) is 0 Å². The first-order valence-corrected chi connectivity index (χ1v) is 14.5. The predicted molar refractivity (Wildman–Crippen MR) is 176 cm³/mol. The van der Waals surface area contributed by atoms with Crippen LogP contribution in [-0.2, 0) is 0 Å². The summed E-state index contributed by atoms with van der Waals surface area (Å²) in [6.07, 6.45) is 0. The molecule has 9 rings (SSSR count). The minimum Gasteiger partial charge on any atom is -0.456 e. The van der Waals surface area contributed by atoms with Crippen molar-refractivity contribution < 1.29 is 8.83 Å². The van der Waals surface area contributed by atoms with Gasteiger partial charge in [0.1, 0.15) is 22.3 Å². The molecule has 3 heterocycles. The van der Waals surface area contributed by atoms with Gasteiger partial charge < -0.3 is 8.83 Å². The molecule has 0 atom stereocenters. The van der Waals surface area contributed by atoms with Crippen LogP contribution in [0, 0.1) is 0 Å². The highest BCUT2D eigenvalue weighted by atomic mass is 16.3. The molecule has 3 aromatic heterocycles. The average molecular weight is 566 g/mol. The summed E-state index contributed by atoms with van der Waals surface area (Å²) in [6, 6.07) is 46.8. The van der Waals surface area contributed by atoms with Gasteiger partial charge in [-0.2, -0.15) is 0 Å². The normalized spacial score (nSPS) is 11.6.